The Morgan fingerprint density at radius 2 is 0.570 bits per heavy atom. The van der Waals surface area contributed by atoms with Crippen molar-refractivity contribution in [2.45, 2.75) is 0 Å². The van der Waals surface area contributed by atoms with Crippen LogP contribution in [0.15, 0.2) is 400 Å². The molecule has 0 unspecified atom stereocenters. The highest BCUT2D eigenvalue weighted by Crippen LogP contribution is 2.41. The molecule has 0 bridgehead atoms. The largest absolute Gasteiger partial charge is 0.276 e. The molecule has 20 heteroatoms. The van der Waals surface area contributed by atoms with Crippen molar-refractivity contribution in [2.75, 3.05) is 0 Å². The normalized spacial score (nSPS) is 12.5. The third-order valence-electron chi connectivity index (χ3n) is 26.4. The Balaban J connectivity index is 0.663. The molecular weight excluding hydrogens is 1640 g/mol. The molecule has 0 amide bonds. The van der Waals surface area contributed by atoms with E-state index in [2.05, 4.69) is 436 Å². The Bertz CT molecular complexity index is 9450. The molecule has 598 valence electrons. The lowest BCUT2D eigenvalue weighted by Gasteiger charge is -2.34. The van der Waals surface area contributed by atoms with Crippen molar-refractivity contribution in [2.24, 2.45) is 0 Å². The number of thiophene rings is 2. The van der Waals surface area contributed by atoms with Crippen molar-refractivity contribution in [3.8, 4) is 34.7 Å². The van der Waals surface area contributed by atoms with Crippen LogP contribution in [0.25, 0.3) is 186 Å². The summed E-state index contributed by atoms with van der Waals surface area (Å²) in [4.78, 5) is 46.6. The molecule has 0 spiro atoms. The summed E-state index contributed by atoms with van der Waals surface area (Å²) in [6, 6.07) is 145. The Kier molecular flexibility index (Phi) is 15.0. The fourth-order valence-electron chi connectivity index (χ4n) is 21.0. The lowest BCUT2D eigenvalue weighted by Crippen LogP contribution is -2.75. The number of rotatable bonds is 13. The summed E-state index contributed by atoms with van der Waals surface area (Å²) >= 11 is 3.69. The van der Waals surface area contributed by atoms with Crippen LogP contribution < -0.4 is 41.8 Å². The number of aromatic nitrogens is 16. The van der Waals surface area contributed by atoms with Crippen LogP contribution >= 0.6 is 22.7 Å². The predicted octanol–water partition coefficient (Wildman–Crippen LogP) is 19.4. The molecule has 16 aromatic carbocycles. The zero-order valence-electron chi connectivity index (χ0n) is 68.1. The quantitative estimate of drug-likeness (QED) is 0.0821. The smallest absolute Gasteiger partial charge is 0.238 e. The maximum Gasteiger partial charge on any atom is 0.238 e. The van der Waals surface area contributed by atoms with Gasteiger partial charge in [0.15, 0.2) is 0 Å². The number of nitrogens with zero attached hydrogens (tertiary/aromatic N) is 16. The third-order valence-corrected chi connectivity index (χ3v) is 38.2. The zero-order valence-corrected chi connectivity index (χ0v) is 71.7. The second-order valence-corrected chi connectivity index (χ2v) is 42.6. The van der Waals surface area contributed by atoms with Gasteiger partial charge in [0.2, 0.25) is 51.2 Å². The SMILES string of the molecule is c1ccc([Si](c2ccccc2)(c2ccc3sc4ccccc4c3c2)c2cc(-n3c4ccccc4n4c5ccccc5nc34)nc(-n3c4ccccc4n4c5cc(-c6ccc7c(c6)nc6n(-c8cc([Si](c9ccccc9)(c9ccccc9)c9cccc%10c9sc9ccccc9%10)nc(-n9c%10ccccc%10n%10c%11ccccc%11nc9%10)n8)c8ccccc8n76)ccc5nc34)n2)cc1. The van der Waals surface area contributed by atoms with Gasteiger partial charge in [-0.05, 0) is 158 Å². The average molecular weight is 1710 g/mol. The van der Waals surface area contributed by atoms with E-state index in [0.29, 0.717) is 40.9 Å². The van der Waals surface area contributed by atoms with Crippen molar-refractivity contribution in [1.82, 2.24) is 75.7 Å². The monoisotopic (exact) mass is 1710 g/mol. The summed E-state index contributed by atoms with van der Waals surface area (Å²) in [5.74, 6) is 5.12. The van der Waals surface area contributed by atoms with E-state index in [1.807, 2.05) is 22.7 Å². The molecule has 28 rings (SSSR count). The lowest BCUT2D eigenvalue weighted by molar-refractivity contribution is 0.935. The van der Waals surface area contributed by atoms with Crippen LogP contribution in [0, 0.1) is 0 Å². The number of fused-ring (bicyclic) bond motifs is 26. The van der Waals surface area contributed by atoms with Crippen LogP contribution in [0.1, 0.15) is 0 Å². The van der Waals surface area contributed by atoms with E-state index in [1.54, 1.807) is 0 Å². The zero-order chi connectivity index (χ0) is 83.6. The van der Waals surface area contributed by atoms with Gasteiger partial charge in [0.05, 0.1) is 88.3 Å². The van der Waals surface area contributed by atoms with Gasteiger partial charge < -0.3 is 0 Å². The minimum absolute atomic E-state index is 0.473. The van der Waals surface area contributed by atoms with Crippen LogP contribution in [0.5, 0.6) is 0 Å². The fourth-order valence-corrected chi connectivity index (χ4v) is 33.0. The maximum atomic E-state index is 6.16. The van der Waals surface area contributed by atoms with Gasteiger partial charge in [-0.2, -0.15) is 9.97 Å². The number of imidazole rings is 8. The minimum atomic E-state index is -3.59. The number of hydrogen-bond acceptors (Lipinski definition) is 10. The molecule has 0 aliphatic carbocycles. The molecule has 0 aliphatic heterocycles. The van der Waals surface area contributed by atoms with Crippen LogP contribution in [-0.4, -0.2) is 91.9 Å². The van der Waals surface area contributed by atoms with Gasteiger partial charge in [-0.1, -0.05) is 273 Å². The summed E-state index contributed by atoms with van der Waals surface area (Å²) in [5, 5.41) is 13.9. The Labute approximate surface area is 737 Å². The molecule has 0 atom stereocenters. The molecule has 0 aliphatic rings. The van der Waals surface area contributed by atoms with Gasteiger partial charge in [-0.3, -0.25) is 26.7 Å². The summed E-state index contributed by atoms with van der Waals surface area (Å²) in [5.41, 5.74) is 16.9. The van der Waals surface area contributed by atoms with Crippen molar-refractivity contribution in [3.05, 3.63) is 400 Å². The fraction of sp³-hybridized carbons (Fsp3) is 0. The van der Waals surface area contributed by atoms with Crippen molar-refractivity contribution >= 4 is 232 Å². The topological polar surface area (TPSA) is 140 Å². The summed E-state index contributed by atoms with van der Waals surface area (Å²) < 4.78 is 22.9. The number of hydrogen-bond donors (Lipinski definition) is 0. The highest BCUT2D eigenvalue weighted by molar-refractivity contribution is 7.30. The molecule has 0 fully saturated rings. The van der Waals surface area contributed by atoms with Crippen LogP contribution in [0.3, 0.4) is 0 Å². The van der Waals surface area contributed by atoms with E-state index in [-0.39, 0.29) is 0 Å². The molecule has 0 saturated carbocycles. The van der Waals surface area contributed by atoms with Crippen molar-refractivity contribution in [3.63, 3.8) is 0 Å². The van der Waals surface area contributed by atoms with Gasteiger partial charge in [0.1, 0.15) is 11.6 Å². The maximum absolute atomic E-state index is 6.16. The van der Waals surface area contributed by atoms with Crippen LogP contribution in [0.4, 0.5) is 0 Å². The Morgan fingerprint density at radius 3 is 1.09 bits per heavy atom. The first-order valence-corrected chi connectivity index (χ1v) is 48.5. The highest BCUT2D eigenvalue weighted by atomic mass is 32.1. The molecular formula is C108H66N16S2Si2. The second-order valence-electron chi connectivity index (χ2n) is 33.0. The lowest BCUT2D eigenvalue weighted by atomic mass is 10.0. The minimum Gasteiger partial charge on any atom is -0.276 e. The van der Waals surface area contributed by atoms with Crippen molar-refractivity contribution < 1.29 is 0 Å². The number of benzene rings is 16. The molecule has 0 N–H and O–H groups in total. The van der Waals surface area contributed by atoms with Gasteiger partial charge >= 0.3 is 0 Å². The van der Waals surface area contributed by atoms with E-state index in [9.17, 15) is 0 Å². The van der Waals surface area contributed by atoms with Gasteiger partial charge in [-0.25, -0.2) is 39.0 Å². The summed E-state index contributed by atoms with van der Waals surface area (Å²) in [6.07, 6.45) is 0. The first-order chi connectivity index (χ1) is 63.5. The van der Waals surface area contributed by atoms with E-state index >= 15 is 0 Å². The molecule has 28 aromatic rings. The van der Waals surface area contributed by atoms with Crippen LogP contribution in [-0.2, 0) is 0 Å². The molecule has 0 radical (unpaired) electrons. The molecule has 16 nitrogen and oxygen atoms in total. The first kappa shape index (κ1) is 71.1. The Hall–Kier alpha value is -16.4. The third kappa shape index (κ3) is 9.95. The van der Waals surface area contributed by atoms with Gasteiger partial charge in [0, 0.05) is 63.1 Å². The standard InChI is InChI=1S/C108H66N16S2Si2/c1-5-30-69(31-6-1)127(70-32-7-2-8-33-70,73-58-61-96-77(64-73)75-39-14-27-53-94(75)125-96)100-65-98(121-89-49-23-19-45-85(89)117-82-43-17-15-41-78(82)109-105(117)121)113-103(115-100)124-92-52-26-22-48-88(92)120-93-63-68(56-59-80(93)111-108(120)124)67-57-60-84-81(62-67)112-106-119(84)86-46-20-24-50-90(86)122(106)99-66-101(116-104(114-99)123-91-51-25-21-47-87(91)118-83-44-18-16-42-79(83)110-107(118)123)128(71-34-9-3-10-35-71,72-36-11-4-12-37-72)97-55-29-40-76-74-38-13-28-54-95(74)126-102(76)97/h1-66H. The van der Waals surface area contributed by atoms with E-state index < -0.39 is 16.1 Å². The molecule has 128 heavy (non-hydrogen) atoms. The Morgan fingerprint density at radius 1 is 0.203 bits per heavy atom. The second kappa shape index (κ2) is 27.1. The number of para-hydroxylation sites is 12. The average Bonchev–Trinajstić information content (AvgIpc) is 1.55. The molecule has 0 saturated heterocycles. The van der Waals surface area contributed by atoms with E-state index in [0.717, 1.165) is 116 Å². The van der Waals surface area contributed by atoms with E-state index in [4.69, 9.17) is 39.9 Å². The van der Waals surface area contributed by atoms with E-state index in [1.165, 1.54) is 71.5 Å². The summed E-state index contributed by atoms with van der Waals surface area (Å²) in [7, 11) is -7.13. The molecule has 12 aromatic heterocycles. The van der Waals surface area contributed by atoms with Crippen LogP contribution in [0.2, 0.25) is 0 Å². The van der Waals surface area contributed by atoms with Gasteiger partial charge in [0.25, 0.3) is 0 Å². The highest BCUT2D eigenvalue weighted by Gasteiger charge is 2.48. The predicted molar refractivity (Wildman–Crippen MR) is 528 cm³/mol. The van der Waals surface area contributed by atoms with Gasteiger partial charge in [-0.15, -0.1) is 22.7 Å². The van der Waals surface area contributed by atoms with Crippen molar-refractivity contribution in [1.29, 1.82) is 0 Å². The summed E-state index contributed by atoms with van der Waals surface area (Å²) in [6.45, 7) is 0. The molecule has 12 heterocycles. The first-order valence-electron chi connectivity index (χ1n) is 42.9.